The minimum Gasteiger partial charge on any atom is -0.317 e. The smallest absolute Gasteiger partial charge is 0.263 e. The summed E-state index contributed by atoms with van der Waals surface area (Å²) in [4.78, 5) is 2.40. The van der Waals surface area contributed by atoms with Crippen LogP contribution in [-0.2, 0) is 6.54 Å². The normalized spacial score (nSPS) is 17.1. The Hall–Kier alpha value is -1.00. The quantitative estimate of drug-likeness (QED) is 0.858. The molecule has 1 aromatic rings. The molecule has 1 aliphatic rings. The van der Waals surface area contributed by atoms with Gasteiger partial charge < -0.3 is 5.32 Å². The number of benzene rings is 1. The molecule has 0 atom stereocenters. The number of alkyl halides is 2. The van der Waals surface area contributed by atoms with Crippen LogP contribution in [0.5, 0.6) is 0 Å². The summed E-state index contributed by atoms with van der Waals surface area (Å²) in [7, 11) is 0. The number of nitrogens with one attached hydrogen (secondary N) is 1. The molecule has 1 saturated heterocycles. The van der Waals surface area contributed by atoms with Crippen molar-refractivity contribution in [2.45, 2.75) is 45.7 Å². The van der Waals surface area contributed by atoms with Crippen molar-refractivity contribution >= 4 is 0 Å². The molecule has 0 bridgehead atoms. The Labute approximate surface area is 126 Å². The topological polar surface area (TPSA) is 15.3 Å². The van der Waals surface area contributed by atoms with E-state index in [9.17, 15) is 8.78 Å². The number of piperidine rings is 1. The van der Waals surface area contributed by atoms with Crippen LogP contribution in [0.4, 0.5) is 8.78 Å². The summed E-state index contributed by atoms with van der Waals surface area (Å²) in [5.41, 5.74) is 1.11. The second-order valence-corrected chi connectivity index (χ2v) is 6.26. The molecule has 0 aliphatic carbocycles. The van der Waals surface area contributed by atoms with Gasteiger partial charge in [-0.05, 0) is 57.3 Å². The average Bonchev–Trinajstić information content (AvgIpc) is 2.48. The SMILES string of the molecule is CC(C)N(Cc1cccc(C(F)F)c1)CC1CCNCC1. The molecule has 0 radical (unpaired) electrons. The van der Waals surface area contributed by atoms with Gasteiger partial charge in [0.15, 0.2) is 0 Å². The maximum absolute atomic E-state index is 12.8. The number of hydrogen-bond donors (Lipinski definition) is 1. The molecule has 2 nitrogen and oxygen atoms in total. The van der Waals surface area contributed by atoms with Gasteiger partial charge in [-0.2, -0.15) is 0 Å². The van der Waals surface area contributed by atoms with Crippen molar-refractivity contribution in [1.29, 1.82) is 0 Å². The van der Waals surface area contributed by atoms with Crippen LogP contribution in [0.1, 0.15) is 44.2 Å². The van der Waals surface area contributed by atoms with E-state index in [4.69, 9.17) is 0 Å². The highest BCUT2D eigenvalue weighted by atomic mass is 19.3. The van der Waals surface area contributed by atoms with Crippen LogP contribution < -0.4 is 5.32 Å². The lowest BCUT2D eigenvalue weighted by Crippen LogP contribution is -2.39. The second kappa shape index (κ2) is 7.85. The summed E-state index contributed by atoms with van der Waals surface area (Å²) in [6.07, 6.45) is 0.0301. The van der Waals surface area contributed by atoms with E-state index in [1.807, 2.05) is 6.07 Å². The predicted molar refractivity (Wildman–Crippen MR) is 82.5 cm³/mol. The number of hydrogen-bond acceptors (Lipinski definition) is 2. The zero-order valence-corrected chi connectivity index (χ0v) is 13.0. The molecule has 118 valence electrons. The third-order valence-electron chi connectivity index (χ3n) is 4.27. The van der Waals surface area contributed by atoms with Gasteiger partial charge in [0, 0.05) is 24.7 Å². The minimum atomic E-state index is -2.39. The zero-order valence-electron chi connectivity index (χ0n) is 13.0. The first-order valence-electron chi connectivity index (χ1n) is 7.88. The second-order valence-electron chi connectivity index (χ2n) is 6.26. The zero-order chi connectivity index (χ0) is 15.2. The van der Waals surface area contributed by atoms with Crippen molar-refractivity contribution in [3.8, 4) is 0 Å². The standard InChI is InChI=1S/C17H26F2N2/c1-13(2)21(11-14-6-8-20-9-7-14)12-15-4-3-5-16(10-15)17(18)19/h3-5,10,13-14,17,20H,6-9,11-12H2,1-2H3. The van der Waals surface area contributed by atoms with Crippen molar-refractivity contribution in [2.24, 2.45) is 5.92 Å². The molecule has 1 N–H and O–H groups in total. The molecule has 0 saturated carbocycles. The van der Waals surface area contributed by atoms with Crippen LogP contribution in [0, 0.1) is 5.92 Å². The van der Waals surface area contributed by atoms with E-state index < -0.39 is 6.43 Å². The Kier molecular flexibility index (Phi) is 6.12. The molecular formula is C17H26F2N2. The summed E-state index contributed by atoms with van der Waals surface area (Å²) in [6, 6.07) is 7.25. The third kappa shape index (κ3) is 5.04. The van der Waals surface area contributed by atoms with Gasteiger partial charge in [-0.25, -0.2) is 8.78 Å². The Morgan fingerprint density at radius 1 is 1.24 bits per heavy atom. The van der Waals surface area contributed by atoms with Crippen molar-refractivity contribution in [3.05, 3.63) is 35.4 Å². The molecule has 0 spiro atoms. The van der Waals surface area contributed by atoms with Crippen molar-refractivity contribution in [2.75, 3.05) is 19.6 Å². The highest BCUT2D eigenvalue weighted by Gasteiger charge is 2.19. The third-order valence-corrected chi connectivity index (χ3v) is 4.27. The van der Waals surface area contributed by atoms with E-state index in [1.54, 1.807) is 12.1 Å². The largest absolute Gasteiger partial charge is 0.317 e. The molecule has 0 aromatic heterocycles. The summed E-state index contributed by atoms with van der Waals surface area (Å²) in [5, 5.41) is 3.38. The van der Waals surface area contributed by atoms with E-state index in [0.717, 1.165) is 31.7 Å². The van der Waals surface area contributed by atoms with Gasteiger partial charge in [-0.15, -0.1) is 0 Å². The predicted octanol–water partition coefficient (Wildman–Crippen LogP) is 3.83. The molecule has 1 aromatic carbocycles. The lowest BCUT2D eigenvalue weighted by atomic mass is 9.96. The van der Waals surface area contributed by atoms with Crippen molar-refractivity contribution < 1.29 is 8.78 Å². The molecule has 0 unspecified atom stereocenters. The molecule has 2 rings (SSSR count). The van der Waals surface area contributed by atoms with Crippen molar-refractivity contribution in [3.63, 3.8) is 0 Å². The molecule has 21 heavy (non-hydrogen) atoms. The van der Waals surface area contributed by atoms with Crippen LogP contribution in [0.2, 0.25) is 0 Å². The minimum absolute atomic E-state index is 0.123. The highest BCUT2D eigenvalue weighted by molar-refractivity contribution is 5.24. The fourth-order valence-corrected chi connectivity index (χ4v) is 2.92. The molecule has 1 aliphatic heterocycles. The van der Waals surface area contributed by atoms with Gasteiger partial charge in [0.1, 0.15) is 0 Å². The first kappa shape index (κ1) is 16.4. The van der Waals surface area contributed by atoms with E-state index in [2.05, 4.69) is 24.1 Å². The van der Waals surface area contributed by atoms with Gasteiger partial charge in [0.05, 0.1) is 0 Å². The summed E-state index contributed by atoms with van der Waals surface area (Å²) in [5.74, 6) is 0.715. The van der Waals surface area contributed by atoms with Gasteiger partial charge >= 0.3 is 0 Å². The summed E-state index contributed by atoms with van der Waals surface area (Å²) in [6.45, 7) is 8.35. The maximum atomic E-state index is 12.8. The van der Waals surface area contributed by atoms with Gasteiger partial charge in [0.2, 0.25) is 0 Å². The monoisotopic (exact) mass is 296 g/mol. The summed E-state index contributed by atoms with van der Waals surface area (Å²) >= 11 is 0. The fourth-order valence-electron chi connectivity index (χ4n) is 2.92. The molecular weight excluding hydrogens is 270 g/mol. The summed E-state index contributed by atoms with van der Waals surface area (Å²) < 4.78 is 25.6. The van der Waals surface area contributed by atoms with Crippen LogP contribution in [-0.4, -0.2) is 30.6 Å². The lowest BCUT2D eigenvalue weighted by molar-refractivity contribution is 0.149. The van der Waals surface area contributed by atoms with Gasteiger partial charge in [-0.1, -0.05) is 18.2 Å². The fraction of sp³-hybridized carbons (Fsp3) is 0.647. The Morgan fingerprint density at radius 3 is 2.57 bits per heavy atom. The maximum Gasteiger partial charge on any atom is 0.263 e. The molecule has 0 amide bonds. The first-order valence-corrected chi connectivity index (χ1v) is 7.88. The molecule has 1 fully saturated rings. The Morgan fingerprint density at radius 2 is 1.95 bits per heavy atom. The van der Waals surface area contributed by atoms with Crippen LogP contribution in [0.15, 0.2) is 24.3 Å². The molecule has 4 heteroatoms. The highest BCUT2D eigenvalue weighted by Crippen LogP contribution is 2.22. The van der Waals surface area contributed by atoms with Crippen molar-refractivity contribution in [1.82, 2.24) is 10.2 Å². The van der Waals surface area contributed by atoms with E-state index in [1.165, 1.54) is 18.9 Å². The average molecular weight is 296 g/mol. The number of halogens is 2. The number of rotatable bonds is 6. The van der Waals surface area contributed by atoms with Crippen LogP contribution in [0.25, 0.3) is 0 Å². The van der Waals surface area contributed by atoms with Gasteiger partial charge in [-0.3, -0.25) is 4.90 Å². The lowest BCUT2D eigenvalue weighted by Gasteiger charge is -2.33. The Bertz CT molecular complexity index is 429. The van der Waals surface area contributed by atoms with Crippen LogP contribution >= 0.6 is 0 Å². The van der Waals surface area contributed by atoms with Gasteiger partial charge in [0.25, 0.3) is 6.43 Å². The van der Waals surface area contributed by atoms with Crippen LogP contribution in [0.3, 0.4) is 0 Å². The number of nitrogens with zero attached hydrogens (tertiary/aromatic N) is 1. The Balaban J connectivity index is 2.00. The van der Waals surface area contributed by atoms with E-state index in [0.29, 0.717) is 12.0 Å². The van der Waals surface area contributed by atoms with E-state index >= 15 is 0 Å². The van der Waals surface area contributed by atoms with E-state index in [-0.39, 0.29) is 5.56 Å². The molecule has 1 heterocycles. The first-order chi connectivity index (χ1) is 10.1.